The summed E-state index contributed by atoms with van der Waals surface area (Å²) in [6.45, 7) is 3.51. The fourth-order valence-electron chi connectivity index (χ4n) is 2.55. The molecular weight excluding hydrogens is 304 g/mol. The van der Waals surface area contributed by atoms with E-state index in [4.69, 9.17) is 0 Å². The Balaban J connectivity index is 1.54. The van der Waals surface area contributed by atoms with Crippen LogP contribution >= 0.6 is 0 Å². The lowest BCUT2D eigenvalue weighted by atomic mass is 10.1. The van der Waals surface area contributed by atoms with Crippen LogP contribution in [-0.4, -0.2) is 55.5 Å². The highest BCUT2D eigenvalue weighted by atomic mass is 16.5. The fourth-order valence-corrected chi connectivity index (χ4v) is 2.55. The molecule has 0 radical (unpaired) electrons. The zero-order valence-corrected chi connectivity index (χ0v) is 13.6. The van der Waals surface area contributed by atoms with E-state index in [1.165, 1.54) is 7.11 Å². The molecule has 24 heavy (non-hydrogen) atoms. The number of hydrogen-bond donors (Lipinski definition) is 0. The van der Waals surface area contributed by atoms with Gasteiger partial charge in [0.25, 0.3) is 0 Å². The Bertz CT molecular complexity index is 693. The zero-order valence-electron chi connectivity index (χ0n) is 13.6. The molecule has 2 heterocycles. The summed E-state index contributed by atoms with van der Waals surface area (Å²) >= 11 is 0. The van der Waals surface area contributed by atoms with E-state index in [-0.39, 0.29) is 5.97 Å². The molecule has 3 rings (SSSR count). The molecule has 0 amide bonds. The van der Waals surface area contributed by atoms with E-state index in [2.05, 4.69) is 19.7 Å². The van der Waals surface area contributed by atoms with Crippen LogP contribution in [0.3, 0.4) is 0 Å². The lowest BCUT2D eigenvalue weighted by Gasteiger charge is -2.33. The van der Waals surface area contributed by atoms with Crippen molar-refractivity contribution in [1.82, 2.24) is 9.99 Å². The van der Waals surface area contributed by atoms with E-state index in [0.29, 0.717) is 5.56 Å². The number of benzene rings is 1. The van der Waals surface area contributed by atoms with Gasteiger partial charge < -0.3 is 9.64 Å². The predicted molar refractivity (Wildman–Crippen MR) is 93.4 cm³/mol. The molecule has 1 aliphatic heterocycles. The van der Waals surface area contributed by atoms with Crippen molar-refractivity contribution in [3.63, 3.8) is 0 Å². The monoisotopic (exact) mass is 324 g/mol. The average molecular weight is 324 g/mol. The van der Waals surface area contributed by atoms with E-state index >= 15 is 0 Å². The third kappa shape index (κ3) is 3.90. The van der Waals surface area contributed by atoms with Crippen molar-refractivity contribution in [1.29, 1.82) is 0 Å². The topological polar surface area (TPSA) is 58.0 Å². The highest BCUT2D eigenvalue weighted by Crippen LogP contribution is 2.12. The smallest absolute Gasteiger partial charge is 0.337 e. The summed E-state index contributed by atoms with van der Waals surface area (Å²) < 4.78 is 4.69. The minimum absolute atomic E-state index is 0.330. The number of carbonyl (C=O) groups is 1. The van der Waals surface area contributed by atoms with E-state index in [0.717, 1.165) is 37.6 Å². The van der Waals surface area contributed by atoms with Gasteiger partial charge in [-0.2, -0.15) is 5.10 Å². The molecule has 2 aromatic rings. The Hall–Kier alpha value is -2.89. The average Bonchev–Trinajstić information content (AvgIpc) is 2.67. The van der Waals surface area contributed by atoms with Gasteiger partial charge in [0.15, 0.2) is 0 Å². The molecule has 1 fully saturated rings. The van der Waals surface area contributed by atoms with Crippen molar-refractivity contribution in [2.75, 3.05) is 38.2 Å². The summed E-state index contributed by atoms with van der Waals surface area (Å²) in [7, 11) is 1.38. The van der Waals surface area contributed by atoms with Gasteiger partial charge in [-0.05, 0) is 29.8 Å². The maximum atomic E-state index is 11.4. The lowest BCUT2D eigenvalue weighted by molar-refractivity contribution is 0.0600. The second-order valence-corrected chi connectivity index (χ2v) is 5.49. The summed E-state index contributed by atoms with van der Waals surface area (Å²) in [6.07, 6.45) is 3.63. The molecule has 0 N–H and O–H groups in total. The molecule has 1 aromatic heterocycles. The Kier molecular flexibility index (Phi) is 5.05. The summed E-state index contributed by atoms with van der Waals surface area (Å²) in [4.78, 5) is 18.0. The number of hydrazone groups is 1. The first-order valence-electron chi connectivity index (χ1n) is 7.89. The number of methoxy groups -OCH3 is 1. The van der Waals surface area contributed by atoms with Crippen molar-refractivity contribution < 1.29 is 9.53 Å². The van der Waals surface area contributed by atoms with Gasteiger partial charge in [-0.1, -0.05) is 18.2 Å². The molecule has 0 aliphatic carbocycles. The molecule has 0 unspecified atom stereocenters. The minimum Gasteiger partial charge on any atom is -0.465 e. The van der Waals surface area contributed by atoms with Gasteiger partial charge in [-0.25, -0.2) is 9.78 Å². The van der Waals surface area contributed by atoms with Crippen LogP contribution in [0, 0.1) is 0 Å². The van der Waals surface area contributed by atoms with Crippen LogP contribution in [0.5, 0.6) is 0 Å². The molecular formula is C18H20N4O2. The van der Waals surface area contributed by atoms with Crippen molar-refractivity contribution >= 4 is 18.0 Å². The van der Waals surface area contributed by atoms with E-state index in [9.17, 15) is 4.79 Å². The largest absolute Gasteiger partial charge is 0.465 e. The number of hydrogen-bond acceptors (Lipinski definition) is 6. The fraction of sp³-hybridized carbons (Fsp3) is 0.278. The Morgan fingerprint density at radius 1 is 1.12 bits per heavy atom. The maximum absolute atomic E-state index is 11.4. The van der Waals surface area contributed by atoms with Gasteiger partial charge in [-0.3, -0.25) is 5.01 Å². The second kappa shape index (κ2) is 7.59. The number of nitrogens with zero attached hydrogens (tertiary/aromatic N) is 4. The van der Waals surface area contributed by atoms with E-state index < -0.39 is 0 Å². The number of anilines is 1. The number of piperazine rings is 1. The molecule has 6 nitrogen and oxygen atoms in total. The summed E-state index contributed by atoms with van der Waals surface area (Å²) in [6, 6.07) is 13.2. The summed E-state index contributed by atoms with van der Waals surface area (Å²) in [5, 5.41) is 6.57. The molecule has 0 atom stereocenters. The molecule has 1 aliphatic rings. The van der Waals surface area contributed by atoms with Crippen molar-refractivity contribution in [2.45, 2.75) is 0 Å². The molecule has 0 saturated carbocycles. The van der Waals surface area contributed by atoms with E-state index in [1.807, 2.05) is 47.8 Å². The number of pyridine rings is 1. The lowest BCUT2D eigenvalue weighted by Crippen LogP contribution is -2.44. The maximum Gasteiger partial charge on any atom is 0.337 e. The highest BCUT2D eigenvalue weighted by Gasteiger charge is 2.16. The minimum atomic E-state index is -0.330. The normalized spacial score (nSPS) is 14.9. The van der Waals surface area contributed by atoms with Crippen LogP contribution in [0.25, 0.3) is 0 Å². The van der Waals surface area contributed by atoms with Crippen molar-refractivity contribution in [3.8, 4) is 0 Å². The Morgan fingerprint density at radius 3 is 2.50 bits per heavy atom. The molecule has 124 valence electrons. The Labute approximate surface area is 141 Å². The number of carbonyl (C=O) groups excluding carboxylic acids is 1. The van der Waals surface area contributed by atoms with Gasteiger partial charge in [0.2, 0.25) is 0 Å². The van der Waals surface area contributed by atoms with Crippen molar-refractivity contribution in [2.24, 2.45) is 5.10 Å². The first-order chi connectivity index (χ1) is 11.8. The SMILES string of the molecule is COC(=O)c1ccc(/C=N/N2CCN(c3ccccn3)CC2)cc1. The van der Waals surface area contributed by atoms with Crippen LogP contribution in [-0.2, 0) is 4.74 Å². The molecule has 1 aromatic carbocycles. The molecule has 0 bridgehead atoms. The number of esters is 1. The number of rotatable bonds is 4. The van der Waals surface area contributed by atoms with Crippen LogP contribution in [0.2, 0.25) is 0 Å². The quantitative estimate of drug-likeness (QED) is 0.636. The van der Waals surface area contributed by atoms with Gasteiger partial charge in [0.1, 0.15) is 5.82 Å². The standard InChI is InChI=1S/C18H20N4O2/c1-24-18(23)16-7-5-15(6-8-16)14-20-22-12-10-21(11-13-22)17-4-2-3-9-19-17/h2-9,14H,10-13H2,1H3/b20-14+. The van der Waals surface area contributed by atoms with Gasteiger partial charge >= 0.3 is 5.97 Å². The van der Waals surface area contributed by atoms with Gasteiger partial charge in [0.05, 0.1) is 32.0 Å². The molecule has 6 heteroatoms. The third-order valence-electron chi connectivity index (χ3n) is 3.93. The second-order valence-electron chi connectivity index (χ2n) is 5.49. The first-order valence-corrected chi connectivity index (χ1v) is 7.89. The third-order valence-corrected chi connectivity index (χ3v) is 3.93. The summed E-state index contributed by atoms with van der Waals surface area (Å²) in [5.41, 5.74) is 1.49. The zero-order chi connectivity index (χ0) is 16.8. The van der Waals surface area contributed by atoms with E-state index in [1.54, 1.807) is 12.1 Å². The predicted octanol–water partition coefficient (Wildman–Crippen LogP) is 2.02. The first kappa shape index (κ1) is 16.0. The number of aromatic nitrogens is 1. The van der Waals surface area contributed by atoms with Gasteiger partial charge in [-0.15, -0.1) is 0 Å². The van der Waals surface area contributed by atoms with Crippen molar-refractivity contribution in [3.05, 3.63) is 59.8 Å². The molecule has 1 saturated heterocycles. The molecule has 0 spiro atoms. The Morgan fingerprint density at radius 2 is 1.88 bits per heavy atom. The van der Waals surface area contributed by atoms with Gasteiger partial charge in [0, 0.05) is 19.3 Å². The number of ether oxygens (including phenoxy) is 1. The van der Waals surface area contributed by atoms with Crippen LogP contribution in [0.1, 0.15) is 15.9 Å². The highest BCUT2D eigenvalue weighted by molar-refractivity contribution is 5.90. The van der Waals surface area contributed by atoms with Crippen LogP contribution < -0.4 is 4.90 Å². The summed E-state index contributed by atoms with van der Waals surface area (Å²) in [5.74, 6) is 0.684. The van der Waals surface area contributed by atoms with Crippen LogP contribution in [0.15, 0.2) is 53.8 Å². The van der Waals surface area contributed by atoms with Crippen LogP contribution in [0.4, 0.5) is 5.82 Å².